The van der Waals surface area contributed by atoms with Gasteiger partial charge in [-0.15, -0.1) is 6.58 Å². The number of fused-ring (bicyclic) bond motifs is 5. The normalized spacial score (nSPS) is 30.3. The number of alkyl carbamates (subject to hydrolysis) is 1. The van der Waals surface area contributed by atoms with Crippen LogP contribution in [0.2, 0.25) is 0 Å². The summed E-state index contributed by atoms with van der Waals surface area (Å²) in [4.78, 5) is 66.8. The van der Waals surface area contributed by atoms with Crippen LogP contribution in [0.25, 0.3) is 11.0 Å². The molecule has 16 heteroatoms. The van der Waals surface area contributed by atoms with E-state index >= 15 is 0 Å². The van der Waals surface area contributed by atoms with Crippen LogP contribution in [-0.2, 0) is 35.6 Å². The molecule has 2 bridgehead atoms. The summed E-state index contributed by atoms with van der Waals surface area (Å²) in [5.74, 6) is -1.39. The third-order valence-corrected chi connectivity index (χ3v) is 13.1. The lowest BCUT2D eigenvalue weighted by atomic mass is 9.85. The molecule has 15 nitrogen and oxygen atoms in total. The number of rotatable bonds is 7. The minimum atomic E-state index is -3.90. The van der Waals surface area contributed by atoms with Crippen molar-refractivity contribution in [3.8, 4) is 11.6 Å². The van der Waals surface area contributed by atoms with E-state index in [9.17, 15) is 27.6 Å². The molecule has 4 amide bonds. The average Bonchev–Trinajstić information content (AvgIpc) is 4.04. The number of hydrogen-bond donors (Lipinski definition) is 3. The molecule has 54 heavy (non-hydrogen) atoms. The predicted octanol–water partition coefficient (Wildman–Crippen LogP) is 3.30. The quantitative estimate of drug-likeness (QED) is 0.350. The zero-order valence-electron chi connectivity index (χ0n) is 31.3. The molecule has 3 saturated carbocycles. The summed E-state index contributed by atoms with van der Waals surface area (Å²) in [5, 5.41) is 4.96. The Labute approximate surface area is 315 Å². The summed E-state index contributed by atoms with van der Waals surface area (Å²) < 4.78 is 45.3. The van der Waals surface area contributed by atoms with E-state index < -0.39 is 74.1 Å². The molecule has 1 aromatic heterocycles. The van der Waals surface area contributed by atoms with Gasteiger partial charge in [-0.05, 0) is 68.4 Å². The van der Waals surface area contributed by atoms with Gasteiger partial charge in [0, 0.05) is 18.4 Å². The van der Waals surface area contributed by atoms with E-state index in [2.05, 4.69) is 21.9 Å². The summed E-state index contributed by atoms with van der Waals surface area (Å²) in [6.45, 7) is 9.18. The number of carbonyl (C=O) groups excluding carboxylic acids is 4. The third kappa shape index (κ3) is 7.85. The summed E-state index contributed by atoms with van der Waals surface area (Å²) in [5.41, 5.74) is -0.451. The first-order valence-electron chi connectivity index (χ1n) is 18.9. The molecule has 3 N–H and O–H groups in total. The number of aryl methyl sites for hydroxylation is 1. The van der Waals surface area contributed by atoms with E-state index in [4.69, 9.17) is 24.2 Å². The zero-order valence-corrected chi connectivity index (χ0v) is 32.1. The van der Waals surface area contributed by atoms with Gasteiger partial charge >= 0.3 is 6.09 Å². The topological polar surface area (TPSA) is 195 Å². The number of sulfonamides is 1. The molecule has 292 valence electrons. The van der Waals surface area contributed by atoms with Crippen molar-refractivity contribution in [2.45, 2.75) is 120 Å². The SMILES string of the molecule is C=C[C@H]1C[C@@]1(NC(=O)[C@@H]1C[C@@H]2CN1C(=O)[C@H](C(C)(C)C)NC(=O)O[C@@H]1C[C@H]1CCCCCc1nc3ccc(OC)cc3nc1O2)C(=O)NS(=O)(=O)C1CC1. The van der Waals surface area contributed by atoms with Gasteiger partial charge in [-0.2, -0.15) is 0 Å². The zero-order chi connectivity index (χ0) is 38.6. The minimum absolute atomic E-state index is 0.0245. The molecule has 2 aliphatic heterocycles. The van der Waals surface area contributed by atoms with Crippen molar-refractivity contribution in [1.29, 1.82) is 0 Å². The molecule has 7 rings (SSSR count). The molecule has 0 radical (unpaired) electrons. The number of methoxy groups -OCH3 is 1. The maximum absolute atomic E-state index is 14.6. The molecule has 3 heterocycles. The summed E-state index contributed by atoms with van der Waals surface area (Å²) in [6.07, 6.45) is 5.93. The van der Waals surface area contributed by atoms with Gasteiger partial charge < -0.3 is 29.7 Å². The number of hydrogen-bond acceptors (Lipinski definition) is 11. The van der Waals surface area contributed by atoms with Gasteiger partial charge in [0.05, 0.1) is 29.9 Å². The van der Waals surface area contributed by atoms with Crippen LogP contribution in [0.4, 0.5) is 4.79 Å². The Morgan fingerprint density at radius 3 is 2.54 bits per heavy atom. The second-order valence-corrected chi connectivity index (χ2v) is 18.4. The van der Waals surface area contributed by atoms with Crippen molar-refractivity contribution < 1.29 is 41.8 Å². The molecular formula is C38H50N6O9S. The first-order valence-corrected chi connectivity index (χ1v) is 20.5. The smallest absolute Gasteiger partial charge is 0.408 e. The standard InChI is InChI=1S/C38H50N6O9S/c1-6-22-19-38(22,35(47)43-54(49,50)25-13-14-25)42-32(45)29-18-24-20-44(29)34(46)31(37(2,3)4)41-36(48)53-30-16-21(30)10-8-7-9-11-27-33(52-24)40-28-17-23(51-5)12-15-26(28)39-27/h6,12,15,17,21-22,24-25,29-31H,1,7-11,13-14,16,18-20H2,2-5H3,(H,41,48)(H,42,45)(H,43,47)/t21-,22+,24-,29+,30-,31-,38+/m1/s1. The summed E-state index contributed by atoms with van der Waals surface area (Å²) in [7, 11) is -2.33. The fourth-order valence-corrected chi connectivity index (χ4v) is 9.00. The van der Waals surface area contributed by atoms with Gasteiger partial charge in [-0.3, -0.25) is 19.1 Å². The van der Waals surface area contributed by atoms with Crippen molar-refractivity contribution in [1.82, 2.24) is 30.2 Å². The van der Waals surface area contributed by atoms with E-state index in [0.717, 1.165) is 32.1 Å². The Morgan fingerprint density at radius 2 is 1.85 bits per heavy atom. The summed E-state index contributed by atoms with van der Waals surface area (Å²) in [6, 6.07) is 3.20. The van der Waals surface area contributed by atoms with Crippen LogP contribution in [0.5, 0.6) is 11.6 Å². The Kier molecular flexibility index (Phi) is 10.0. The highest BCUT2D eigenvalue weighted by Crippen LogP contribution is 2.46. The monoisotopic (exact) mass is 766 g/mol. The minimum Gasteiger partial charge on any atom is -0.497 e. The lowest BCUT2D eigenvalue weighted by Gasteiger charge is -2.35. The van der Waals surface area contributed by atoms with Crippen LogP contribution in [0, 0.1) is 17.3 Å². The molecule has 0 unspecified atom stereocenters. The van der Waals surface area contributed by atoms with E-state index in [1.165, 1.54) is 11.0 Å². The molecule has 4 fully saturated rings. The van der Waals surface area contributed by atoms with E-state index in [-0.39, 0.29) is 31.4 Å². The van der Waals surface area contributed by atoms with Gasteiger partial charge in [0.2, 0.25) is 27.7 Å². The number of nitrogens with zero attached hydrogens (tertiary/aromatic N) is 3. The second-order valence-electron chi connectivity index (χ2n) is 16.5. The van der Waals surface area contributed by atoms with Crippen molar-refractivity contribution in [2.24, 2.45) is 17.3 Å². The van der Waals surface area contributed by atoms with E-state index in [0.29, 0.717) is 47.6 Å². The van der Waals surface area contributed by atoms with E-state index in [1.807, 2.05) is 32.9 Å². The van der Waals surface area contributed by atoms with E-state index in [1.54, 1.807) is 13.2 Å². The van der Waals surface area contributed by atoms with Crippen molar-refractivity contribution in [3.05, 3.63) is 36.5 Å². The van der Waals surface area contributed by atoms with Gasteiger partial charge in [-0.1, -0.05) is 39.7 Å². The van der Waals surface area contributed by atoms with Crippen LogP contribution in [0.15, 0.2) is 30.9 Å². The van der Waals surface area contributed by atoms with Crippen molar-refractivity contribution in [2.75, 3.05) is 13.7 Å². The Bertz CT molecular complexity index is 1960. The molecular weight excluding hydrogens is 717 g/mol. The Morgan fingerprint density at radius 1 is 1.07 bits per heavy atom. The largest absolute Gasteiger partial charge is 0.497 e. The fourth-order valence-electron chi connectivity index (χ4n) is 7.64. The number of nitrogens with one attached hydrogen (secondary N) is 3. The second kappa shape index (κ2) is 14.3. The van der Waals surface area contributed by atoms with Crippen molar-refractivity contribution in [3.63, 3.8) is 0 Å². The Hall–Kier alpha value is -4.47. The third-order valence-electron chi connectivity index (χ3n) is 11.3. The first kappa shape index (κ1) is 37.8. The highest BCUT2D eigenvalue weighted by atomic mass is 32.2. The molecule has 2 aromatic rings. The van der Waals surface area contributed by atoms with Gasteiger partial charge in [0.15, 0.2) is 0 Å². The van der Waals surface area contributed by atoms with Gasteiger partial charge in [0.25, 0.3) is 5.91 Å². The average molecular weight is 767 g/mol. The van der Waals surface area contributed by atoms with Gasteiger partial charge in [-0.25, -0.2) is 23.2 Å². The number of amides is 4. The van der Waals surface area contributed by atoms with Crippen LogP contribution >= 0.6 is 0 Å². The first-order chi connectivity index (χ1) is 25.6. The predicted molar refractivity (Wildman–Crippen MR) is 197 cm³/mol. The molecule has 7 atom stereocenters. The Balaban J connectivity index is 1.22. The maximum atomic E-state index is 14.6. The highest BCUT2D eigenvalue weighted by molar-refractivity contribution is 7.91. The van der Waals surface area contributed by atoms with Crippen LogP contribution in [-0.4, -0.2) is 95.8 Å². The van der Waals surface area contributed by atoms with Crippen LogP contribution < -0.4 is 24.8 Å². The molecule has 5 aliphatic rings. The lowest BCUT2D eigenvalue weighted by molar-refractivity contribution is -0.142. The van der Waals surface area contributed by atoms with Crippen molar-refractivity contribution >= 4 is 44.9 Å². The molecule has 0 spiro atoms. The molecule has 1 aromatic carbocycles. The van der Waals surface area contributed by atoms with Crippen LogP contribution in [0.1, 0.15) is 84.3 Å². The number of carbonyl (C=O) groups is 4. The van der Waals surface area contributed by atoms with Crippen LogP contribution in [0.3, 0.4) is 0 Å². The number of benzene rings is 1. The highest BCUT2D eigenvalue weighted by Gasteiger charge is 2.62. The number of aromatic nitrogens is 2. The molecule has 1 saturated heterocycles. The molecule has 3 aliphatic carbocycles. The summed E-state index contributed by atoms with van der Waals surface area (Å²) >= 11 is 0. The maximum Gasteiger partial charge on any atom is 0.408 e. The fraction of sp³-hybridized carbons (Fsp3) is 0.632. The lowest BCUT2D eigenvalue weighted by Crippen LogP contribution is -2.60. The number of ether oxygens (including phenoxy) is 3. The van der Waals surface area contributed by atoms with Gasteiger partial charge in [0.1, 0.15) is 41.3 Å².